The molecule has 5 heteroatoms. The molecule has 0 bridgehead atoms. The molecule has 0 unspecified atom stereocenters. The molecule has 2 rings (SSSR count). The van der Waals surface area contributed by atoms with Crippen LogP contribution in [0.4, 0.5) is 11.5 Å². The van der Waals surface area contributed by atoms with E-state index in [1.165, 1.54) is 41.9 Å². The minimum Gasteiger partial charge on any atom is -0.341 e. The van der Waals surface area contributed by atoms with Gasteiger partial charge in [0.25, 0.3) is 5.56 Å². The fourth-order valence-electron chi connectivity index (χ4n) is 2.59. The summed E-state index contributed by atoms with van der Waals surface area (Å²) in [5, 5.41) is 3.14. The van der Waals surface area contributed by atoms with E-state index in [0.717, 1.165) is 12.1 Å². The summed E-state index contributed by atoms with van der Waals surface area (Å²) < 4.78 is 1.44. The highest BCUT2D eigenvalue weighted by Crippen LogP contribution is 2.16. The lowest BCUT2D eigenvalue weighted by Crippen LogP contribution is -2.30. The Morgan fingerprint density at radius 2 is 1.92 bits per heavy atom. The first-order chi connectivity index (χ1) is 11.6. The second-order valence-corrected chi connectivity index (χ2v) is 5.86. The molecule has 1 heterocycles. The van der Waals surface area contributed by atoms with Gasteiger partial charge in [-0.1, -0.05) is 44.4 Å². The summed E-state index contributed by atoms with van der Waals surface area (Å²) in [6, 6.07) is 9.48. The Morgan fingerprint density at radius 1 is 1.17 bits per heavy atom. The molecule has 0 aliphatic heterocycles. The number of rotatable bonds is 9. The molecule has 1 aromatic heterocycles. The maximum Gasteiger partial charge on any atom is 0.330 e. The third-order valence-electron chi connectivity index (χ3n) is 3.89. The Bertz CT molecular complexity index is 772. The summed E-state index contributed by atoms with van der Waals surface area (Å²) in [6.45, 7) is 6.18. The maximum absolute atomic E-state index is 11.9. The van der Waals surface area contributed by atoms with Crippen LogP contribution in [0, 0.1) is 0 Å². The van der Waals surface area contributed by atoms with Gasteiger partial charge in [-0.3, -0.25) is 14.3 Å². The fourth-order valence-corrected chi connectivity index (χ4v) is 2.59. The zero-order valence-electron chi connectivity index (χ0n) is 14.2. The monoisotopic (exact) mass is 327 g/mol. The highest BCUT2D eigenvalue weighted by Gasteiger charge is 2.05. The van der Waals surface area contributed by atoms with Crippen molar-refractivity contribution in [1.82, 2.24) is 9.55 Å². The summed E-state index contributed by atoms with van der Waals surface area (Å²) in [6.07, 6.45) is 7.68. The number of H-pyrrole nitrogens is 1. The summed E-state index contributed by atoms with van der Waals surface area (Å²) in [4.78, 5) is 25.7. The lowest BCUT2D eigenvalue weighted by Gasteiger charge is -2.12. The van der Waals surface area contributed by atoms with Gasteiger partial charge >= 0.3 is 5.69 Å². The van der Waals surface area contributed by atoms with Crippen molar-refractivity contribution in [2.24, 2.45) is 0 Å². The summed E-state index contributed by atoms with van der Waals surface area (Å²) in [7, 11) is 0. The number of aryl methyl sites for hydroxylation is 1. The molecule has 1 aromatic carbocycles. The minimum atomic E-state index is -0.447. The molecule has 0 saturated heterocycles. The van der Waals surface area contributed by atoms with Crippen molar-refractivity contribution in [2.45, 2.75) is 45.6 Å². The predicted molar refractivity (Wildman–Crippen MR) is 99.1 cm³/mol. The number of aromatic amines is 1. The van der Waals surface area contributed by atoms with Crippen LogP contribution in [-0.4, -0.2) is 9.55 Å². The number of nitrogens with one attached hydrogen (secondary N) is 2. The van der Waals surface area contributed by atoms with E-state index in [4.69, 9.17) is 0 Å². The molecule has 0 spiro atoms. The number of anilines is 2. The van der Waals surface area contributed by atoms with Crippen molar-refractivity contribution in [1.29, 1.82) is 0 Å². The third kappa shape index (κ3) is 4.98. The van der Waals surface area contributed by atoms with Crippen LogP contribution in [0.3, 0.4) is 0 Å². The van der Waals surface area contributed by atoms with E-state index < -0.39 is 11.2 Å². The van der Waals surface area contributed by atoms with Gasteiger partial charge in [-0.05, 0) is 30.5 Å². The summed E-state index contributed by atoms with van der Waals surface area (Å²) in [5.74, 6) is 0.458. The maximum atomic E-state index is 11.9. The predicted octanol–water partition coefficient (Wildman–Crippen LogP) is 3.59. The molecule has 0 atom stereocenters. The topological polar surface area (TPSA) is 66.9 Å². The van der Waals surface area contributed by atoms with Crippen LogP contribution in [0.25, 0.3) is 0 Å². The molecule has 24 heavy (non-hydrogen) atoms. The molecule has 2 aromatic rings. The second-order valence-electron chi connectivity index (χ2n) is 5.86. The number of aromatic nitrogens is 2. The molecule has 0 amide bonds. The Morgan fingerprint density at radius 3 is 2.58 bits per heavy atom. The van der Waals surface area contributed by atoms with Gasteiger partial charge < -0.3 is 5.32 Å². The largest absolute Gasteiger partial charge is 0.341 e. The molecule has 0 radical (unpaired) electrons. The van der Waals surface area contributed by atoms with Crippen molar-refractivity contribution in [3.63, 3.8) is 0 Å². The Hall–Kier alpha value is -2.56. The second kappa shape index (κ2) is 8.91. The lowest BCUT2D eigenvalue weighted by atomic mass is 10.1. The standard InChI is InChI=1S/C19H25N3O2/c1-3-5-6-7-8-15-9-11-16(12-10-15)20-17-14-18(23)21-19(24)22(17)13-4-2/h4,9-12,14,20H,2-3,5-8,13H2,1H3,(H,21,23,24). The first-order valence-electron chi connectivity index (χ1n) is 8.45. The fraction of sp³-hybridized carbons (Fsp3) is 0.368. The van der Waals surface area contributed by atoms with Gasteiger partial charge in [0.15, 0.2) is 0 Å². The zero-order valence-corrected chi connectivity index (χ0v) is 14.2. The van der Waals surface area contributed by atoms with Crippen molar-refractivity contribution in [3.05, 3.63) is 69.4 Å². The number of benzene rings is 1. The van der Waals surface area contributed by atoms with E-state index in [-0.39, 0.29) is 0 Å². The van der Waals surface area contributed by atoms with Crippen LogP contribution in [-0.2, 0) is 13.0 Å². The van der Waals surface area contributed by atoms with Crippen LogP contribution < -0.4 is 16.6 Å². The van der Waals surface area contributed by atoms with E-state index >= 15 is 0 Å². The first kappa shape index (κ1) is 17.8. The third-order valence-corrected chi connectivity index (χ3v) is 3.89. The van der Waals surface area contributed by atoms with Crippen LogP contribution in [0.5, 0.6) is 0 Å². The summed E-state index contributed by atoms with van der Waals surface area (Å²) >= 11 is 0. The van der Waals surface area contributed by atoms with Gasteiger partial charge in [0.05, 0.1) is 0 Å². The first-order valence-corrected chi connectivity index (χ1v) is 8.45. The number of nitrogens with zero attached hydrogens (tertiary/aromatic N) is 1. The van der Waals surface area contributed by atoms with Crippen molar-refractivity contribution < 1.29 is 0 Å². The van der Waals surface area contributed by atoms with E-state index in [1.54, 1.807) is 6.08 Å². The molecular formula is C19H25N3O2. The highest BCUT2D eigenvalue weighted by atomic mass is 16.2. The number of hydrogen-bond acceptors (Lipinski definition) is 3. The van der Waals surface area contributed by atoms with Gasteiger partial charge in [0.1, 0.15) is 5.82 Å². The van der Waals surface area contributed by atoms with Crippen molar-refractivity contribution in [3.8, 4) is 0 Å². The number of hydrogen-bond donors (Lipinski definition) is 2. The van der Waals surface area contributed by atoms with Crippen LogP contribution in [0.2, 0.25) is 0 Å². The summed E-state index contributed by atoms with van der Waals surface area (Å²) in [5.41, 5.74) is 1.27. The van der Waals surface area contributed by atoms with E-state index in [1.807, 2.05) is 12.1 Å². The molecule has 0 aliphatic rings. The van der Waals surface area contributed by atoms with Gasteiger partial charge in [0, 0.05) is 18.3 Å². The molecule has 0 fully saturated rings. The Kier molecular flexibility index (Phi) is 6.61. The Labute approximate surface area is 142 Å². The molecule has 0 saturated carbocycles. The minimum absolute atomic E-state index is 0.327. The van der Waals surface area contributed by atoms with Crippen molar-refractivity contribution >= 4 is 11.5 Å². The van der Waals surface area contributed by atoms with Crippen LogP contribution in [0.15, 0.2) is 52.6 Å². The average molecular weight is 327 g/mol. The van der Waals surface area contributed by atoms with Crippen LogP contribution in [0.1, 0.15) is 38.2 Å². The Balaban J connectivity index is 2.10. The molecule has 128 valence electrons. The van der Waals surface area contributed by atoms with E-state index in [2.05, 4.69) is 35.9 Å². The molecule has 2 N–H and O–H groups in total. The van der Waals surface area contributed by atoms with Crippen molar-refractivity contribution in [2.75, 3.05) is 5.32 Å². The van der Waals surface area contributed by atoms with E-state index in [0.29, 0.717) is 12.4 Å². The van der Waals surface area contributed by atoms with Gasteiger partial charge in [-0.25, -0.2) is 4.79 Å². The normalized spacial score (nSPS) is 10.5. The quantitative estimate of drug-likeness (QED) is 0.546. The lowest BCUT2D eigenvalue weighted by molar-refractivity contribution is 0.667. The molecule has 5 nitrogen and oxygen atoms in total. The molecule has 0 aliphatic carbocycles. The molecular weight excluding hydrogens is 302 g/mol. The highest BCUT2D eigenvalue weighted by molar-refractivity contribution is 5.56. The number of unbranched alkanes of at least 4 members (excludes halogenated alkanes) is 3. The van der Waals surface area contributed by atoms with Gasteiger partial charge in [-0.15, -0.1) is 6.58 Å². The van der Waals surface area contributed by atoms with E-state index in [9.17, 15) is 9.59 Å². The SMILES string of the molecule is C=CCn1c(Nc2ccc(CCCCCC)cc2)cc(=O)[nH]c1=O. The number of allylic oxidation sites excluding steroid dienone is 1. The van der Waals surface area contributed by atoms with Crippen LogP contribution >= 0.6 is 0 Å². The zero-order chi connectivity index (χ0) is 17.4. The smallest absolute Gasteiger partial charge is 0.330 e. The average Bonchev–Trinajstić information content (AvgIpc) is 2.56. The van der Waals surface area contributed by atoms with Gasteiger partial charge in [-0.2, -0.15) is 0 Å². The van der Waals surface area contributed by atoms with Gasteiger partial charge in [0.2, 0.25) is 0 Å².